The summed E-state index contributed by atoms with van der Waals surface area (Å²) >= 11 is 1.31. The fourth-order valence-corrected chi connectivity index (χ4v) is 3.46. The van der Waals surface area contributed by atoms with Crippen LogP contribution in [0.4, 0.5) is 0 Å². The van der Waals surface area contributed by atoms with E-state index < -0.39 is 5.97 Å². The Bertz CT molecular complexity index is 666. The van der Waals surface area contributed by atoms with Crippen LogP contribution in [-0.4, -0.2) is 36.3 Å². The number of tetrazole rings is 1. The maximum atomic E-state index is 11.1. The number of carboxylic acid groups (broad SMARTS) is 1. The summed E-state index contributed by atoms with van der Waals surface area (Å²) in [5.74, 6) is -0.960. The molecule has 3 rings (SSSR count). The minimum absolute atomic E-state index is 0.227. The third kappa shape index (κ3) is 3.05. The molecule has 0 amide bonds. The maximum absolute atomic E-state index is 11.1. The molecule has 2 heterocycles. The van der Waals surface area contributed by atoms with E-state index in [1.54, 1.807) is 19.1 Å². The number of nitrogens with zero attached hydrogens (tertiary/aromatic N) is 5. The third-order valence-electron chi connectivity index (χ3n) is 3.51. The molecule has 8 heteroatoms. The number of hydrogen-bond acceptors (Lipinski definition) is 6. The molecule has 1 N–H and O–H groups in total. The SMILES string of the molecule is Cc1cc(C(=O)O)cc(Sc2nnnn2C2CCCC2)n1. The molecule has 0 unspecified atom stereocenters. The van der Waals surface area contributed by atoms with E-state index in [1.807, 2.05) is 4.68 Å². The van der Waals surface area contributed by atoms with E-state index in [-0.39, 0.29) is 5.56 Å². The first kappa shape index (κ1) is 14.0. The fraction of sp³-hybridized carbons (Fsp3) is 0.462. The Labute approximate surface area is 125 Å². The van der Waals surface area contributed by atoms with Crippen LogP contribution >= 0.6 is 11.8 Å². The van der Waals surface area contributed by atoms with Crippen molar-refractivity contribution in [1.29, 1.82) is 0 Å². The standard InChI is InChI=1S/C13H15N5O2S/c1-8-6-9(12(19)20)7-11(14-8)21-13-15-16-17-18(13)10-4-2-3-5-10/h6-7,10H,2-5H2,1H3,(H,19,20). The van der Waals surface area contributed by atoms with Crippen molar-refractivity contribution in [3.63, 3.8) is 0 Å². The lowest BCUT2D eigenvalue weighted by molar-refractivity contribution is 0.0696. The number of pyridine rings is 1. The van der Waals surface area contributed by atoms with Gasteiger partial charge >= 0.3 is 5.97 Å². The monoisotopic (exact) mass is 305 g/mol. The minimum atomic E-state index is -0.960. The van der Waals surface area contributed by atoms with Gasteiger partial charge in [0.25, 0.3) is 0 Å². The maximum Gasteiger partial charge on any atom is 0.335 e. The Morgan fingerprint density at radius 1 is 1.38 bits per heavy atom. The molecule has 2 aromatic heterocycles. The van der Waals surface area contributed by atoms with Crippen LogP contribution in [0.5, 0.6) is 0 Å². The van der Waals surface area contributed by atoms with E-state index in [0.717, 1.165) is 12.8 Å². The molecule has 1 aliphatic rings. The molecule has 2 aromatic rings. The highest BCUT2D eigenvalue weighted by Gasteiger charge is 2.22. The average Bonchev–Trinajstić information content (AvgIpc) is 3.08. The third-order valence-corrected chi connectivity index (χ3v) is 4.38. The zero-order valence-electron chi connectivity index (χ0n) is 11.6. The number of hydrogen-bond donors (Lipinski definition) is 1. The molecule has 21 heavy (non-hydrogen) atoms. The molecule has 0 saturated heterocycles. The fourth-order valence-electron chi connectivity index (χ4n) is 2.54. The van der Waals surface area contributed by atoms with Crippen molar-refractivity contribution in [2.45, 2.75) is 48.8 Å². The van der Waals surface area contributed by atoms with Gasteiger partial charge in [-0.1, -0.05) is 12.8 Å². The second-order valence-electron chi connectivity index (χ2n) is 5.09. The summed E-state index contributed by atoms with van der Waals surface area (Å²) in [7, 11) is 0. The largest absolute Gasteiger partial charge is 0.478 e. The summed E-state index contributed by atoms with van der Waals surface area (Å²) < 4.78 is 1.84. The first-order valence-corrected chi connectivity index (χ1v) is 7.63. The molecule has 1 saturated carbocycles. The molecule has 0 aliphatic heterocycles. The average molecular weight is 305 g/mol. The van der Waals surface area contributed by atoms with Crippen LogP contribution in [0.15, 0.2) is 22.3 Å². The van der Waals surface area contributed by atoms with Crippen LogP contribution < -0.4 is 0 Å². The Morgan fingerprint density at radius 2 is 2.14 bits per heavy atom. The number of aromatic carboxylic acids is 1. The molecule has 7 nitrogen and oxygen atoms in total. The zero-order chi connectivity index (χ0) is 14.8. The Kier molecular flexibility index (Phi) is 3.87. The van der Waals surface area contributed by atoms with E-state index >= 15 is 0 Å². The van der Waals surface area contributed by atoms with Gasteiger partial charge in [-0.15, -0.1) is 5.10 Å². The lowest BCUT2D eigenvalue weighted by Gasteiger charge is -2.10. The Hall–Kier alpha value is -1.96. The predicted octanol–water partition coefficient (Wildman–Crippen LogP) is 2.34. The number of aryl methyl sites for hydroxylation is 1. The minimum Gasteiger partial charge on any atom is -0.478 e. The van der Waals surface area contributed by atoms with Crippen molar-refractivity contribution in [2.75, 3.05) is 0 Å². The molecule has 0 bridgehead atoms. The zero-order valence-corrected chi connectivity index (χ0v) is 12.4. The van der Waals surface area contributed by atoms with Crippen LogP contribution in [0.1, 0.15) is 47.8 Å². The Morgan fingerprint density at radius 3 is 2.86 bits per heavy atom. The highest BCUT2D eigenvalue weighted by Crippen LogP contribution is 2.33. The molecule has 0 atom stereocenters. The van der Waals surface area contributed by atoms with Crippen LogP contribution in [0.2, 0.25) is 0 Å². The van der Waals surface area contributed by atoms with Crippen LogP contribution in [-0.2, 0) is 0 Å². The molecule has 0 spiro atoms. The van der Waals surface area contributed by atoms with Gasteiger partial charge in [-0.2, -0.15) is 0 Å². The first-order valence-electron chi connectivity index (χ1n) is 6.81. The van der Waals surface area contributed by atoms with Crippen molar-refractivity contribution in [1.82, 2.24) is 25.2 Å². The second-order valence-corrected chi connectivity index (χ2v) is 6.07. The predicted molar refractivity (Wildman–Crippen MR) is 75.4 cm³/mol. The quantitative estimate of drug-likeness (QED) is 0.926. The van der Waals surface area contributed by atoms with Gasteiger partial charge in [0.2, 0.25) is 5.16 Å². The molecular weight excluding hydrogens is 290 g/mol. The first-order chi connectivity index (χ1) is 10.1. The van der Waals surface area contributed by atoms with Gasteiger partial charge in [-0.25, -0.2) is 14.5 Å². The van der Waals surface area contributed by atoms with Gasteiger partial charge in [0.1, 0.15) is 5.03 Å². The molecule has 1 fully saturated rings. The van der Waals surface area contributed by atoms with Crippen LogP contribution in [0.3, 0.4) is 0 Å². The molecule has 0 aromatic carbocycles. The smallest absolute Gasteiger partial charge is 0.335 e. The molecule has 1 aliphatic carbocycles. The van der Waals surface area contributed by atoms with Crippen molar-refractivity contribution in [3.05, 3.63) is 23.4 Å². The number of rotatable bonds is 4. The van der Waals surface area contributed by atoms with Gasteiger partial charge in [-0.05, 0) is 54.1 Å². The highest BCUT2D eigenvalue weighted by molar-refractivity contribution is 7.99. The normalized spacial score (nSPS) is 15.5. The summed E-state index contributed by atoms with van der Waals surface area (Å²) in [6.45, 7) is 1.77. The second kappa shape index (κ2) is 5.80. The van der Waals surface area contributed by atoms with Gasteiger partial charge < -0.3 is 5.11 Å². The van der Waals surface area contributed by atoms with Crippen molar-refractivity contribution in [3.8, 4) is 0 Å². The molecular formula is C13H15N5O2S. The molecule has 110 valence electrons. The number of carbonyl (C=O) groups is 1. The van der Waals surface area contributed by atoms with Gasteiger partial charge in [0.05, 0.1) is 11.6 Å². The summed E-state index contributed by atoms with van der Waals surface area (Å²) in [6.07, 6.45) is 4.56. The number of carboxylic acids is 1. The van der Waals surface area contributed by atoms with Crippen LogP contribution in [0.25, 0.3) is 0 Å². The topological polar surface area (TPSA) is 93.8 Å². The highest BCUT2D eigenvalue weighted by atomic mass is 32.2. The van der Waals surface area contributed by atoms with E-state index in [0.29, 0.717) is 21.9 Å². The summed E-state index contributed by atoms with van der Waals surface area (Å²) in [5, 5.41) is 22.2. The summed E-state index contributed by atoms with van der Waals surface area (Å²) in [6, 6.07) is 3.44. The summed E-state index contributed by atoms with van der Waals surface area (Å²) in [5.41, 5.74) is 0.891. The molecule has 0 radical (unpaired) electrons. The van der Waals surface area contributed by atoms with E-state index in [2.05, 4.69) is 20.5 Å². The lowest BCUT2D eigenvalue weighted by atomic mass is 10.2. The van der Waals surface area contributed by atoms with Crippen molar-refractivity contribution < 1.29 is 9.90 Å². The van der Waals surface area contributed by atoms with Crippen LogP contribution in [0, 0.1) is 6.92 Å². The van der Waals surface area contributed by atoms with Gasteiger partial charge in [0.15, 0.2) is 0 Å². The Balaban J connectivity index is 1.87. The van der Waals surface area contributed by atoms with Gasteiger partial charge in [-0.3, -0.25) is 0 Å². The van der Waals surface area contributed by atoms with E-state index in [9.17, 15) is 4.79 Å². The van der Waals surface area contributed by atoms with Crippen molar-refractivity contribution in [2.24, 2.45) is 0 Å². The van der Waals surface area contributed by atoms with E-state index in [4.69, 9.17) is 5.11 Å². The van der Waals surface area contributed by atoms with E-state index in [1.165, 1.54) is 24.6 Å². The number of aromatic nitrogens is 5. The summed E-state index contributed by atoms with van der Waals surface area (Å²) in [4.78, 5) is 15.5. The van der Waals surface area contributed by atoms with Crippen molar-refractivity contribution >= 4 is 17.7 Å². The van der Waals surface area contributed by atoms with Gasteiger partial charge in [0, 0.05) is 5.69 Å². The lowest BCUT2D eigenvalue weighted by Crippen LogP contribution is -2.08.